The molecule has 0 bridgehead atoms. The summed E-state index contributed by atoms with van der Waals surface area (Å²) in [5.41, 5.74) is 0.962. The molecule has 4 rings (SSSR count). The number of nitrogens with one attached hydrogen (secondary N) is 2. The fourth-order valence-electron chi connectivity index (χ4n) is 2.35. The third kappa shape index (κ3) is 3.86. The van der Waals surface area contributed by atoms with Crippen LogP contribution in [0.15, 0.2) is 36.4 Å². The van der Waals surface area contributed by atoms with Crippen molar-refractivity contribution in [1.82, 2.24) is 10.3 Å². The van der Waals surface area contributed by atoms with Crippen LogP contribution >= 0.6 is 22.7 Å². The average Bonchev–Trinajstić information content (AvgIpc) is 3.22. The van der Waals surface area contributed by atoms with E-state index in [1.54, 1.807) is 13.0 Å². The first-order valence-corrected chi connectivity index (χ1v) is 9.95. The van der Waals surface area contributed by atoms with Crippen LogP contribution in [0.5, 0.6) is 0 Å². The number of benzene rings is 1. The predicted molar refractivity (Wildman–Crippen MR) is 103 cm³/mol. The second-order valence-corrected chi connectivity index (χ2v) is 8.18. The minimum atomic E-state index is -0.800. The van der Waals surface area contributed by atoms with Gasteiger partial charge in [0.2, 0.25) is 0 Å². The van der Waals surface area contributed by atoms with Crippen molar-refractivity contribution in [2.24, 2.45) is 0 Å². The third-order valence-corrected chi connectivity index (χ3v) is 5.95. The molecule has 1 aromatic carbocycles. The van der Waals surface area contributed by atoms with Gasteiger partial charge in [-0.1, -0.05) is 29.5 Å². The molecular formula is C18H17N3O3S2. The number of ether oxygens (including phenoxy) is 1. The lowest BCUT2D eigenvalue weighted by Gasteiger charge is -2.12. The molecule has 1 amide bonds. The van der Waals surface area contributed by atoms with Gasteiger partial charge in [-0.3, -0.25) is 4.79 Å². The molecule has 0 aliphatic heterocycles. The average molecular weight is 387 g/mol. The van der Waals surface area contributed by atoms with E-state index in [2.05, 4.69) is 15.6 Å². The van der Waals surface area contributed by atoms with E-state index in [0.717, 1.165) is 33.2 Å². The van der Waals surface area contributed by atoms with Gasteiger partial charge in [0, 0.05) is 11.7 Å². The Morgan fingerprint density at radius 1 is 1.23 bits per heavy atom. The Morgan fingerprint density at radius 2 is 2.00 bits per heavy atom. The second kappa shape index (κ2) is 7.05. The summed E-state index contributed by atoms with van der Waals surface area (Å²) in [5, 5.41) is 6.85. The molecule has 8 heteroatoms. The molecule has 1 saturated carbocycles. The van der Waals surface area contributed by atoms with Gasteiger partial charge in [-0.25, -0.2) is 9.78 Å². The van der Waals surface area contributed by atoms with Gasteiger partial charge in [0.05, 0.1) is 4.70 Å². The molecule has 0 saturated heterocycles. The van der Waals surface area contributed by atoms with Crippen molar-refractivity contribution in [3.05, 3.63) is 41.3 Å². The summed E-state index contributed by atoms with van der Waals surface area (Å²) >= 11 is 2.74. The highest BCUT2D eigenvalue weighted by atomic mass is 32.1. The molecule has 134 valence electrons. The van der Waals surface area contributed by atoms with Crippen LogP contribution in [0.25, 0.3) is 9.53 Å². The summed E-state index contributed by atoms with van der Waals surface area (Å²) in [7, 11) is 0. The van der Waals surface area contributed by atoms with Gasteiger partial charge in [-0.05, 0) is 38.0 Å². The maximum absolute atomic E-state index is 12.3. The largest absolute Gasteiger partial charge is 0.448 e. The molecule has 3 aromatic rings. The van der Waals surface area contributed by atoms with Gasteiger partial charge in [0.1, 0.15) is 9.71 Å². The van der Waals surface area contributed by atoms with Gasteiger partial charge in [-0.2, -0.15) is 0 Å². The van der Waals surface area contributed by atoms with Crippen molar-refractivity contribution in [3.8, 4) is 0 Å². The molecule has 2 N–H and O–H groups in total. The summed E-state index contributed by atoms with van der Waals surface area (Å²) in [6, 6.07) is 11.8. The maximum Gasteiger partial charge on any atom is 0.349 e. The van der Waals surface area contributed by atoms with Crippen LogP contribution in [0, 0.1) is 0 Å². The van der Waals surface area contributed by atoms with Crippen LogP contribution < -0.4 is 10.6 Å². The Morgan fingerprint density at radius 3 is 2.69 bits per heavy atom. The smallest absolute Gasteiger partial charge is 0.349 e. The lowest BCUT2D eigenvalue weighted by molar-refractivity contribution is -0.129. The normalized spacial score (nSPS) is 14.8. The first-order valence-electron chi connectivity index (χ1n) is 8.32. The highest BCUT2D eigenvalue weighted by Crippen LogP contribution is 2.34. The van der Waals surface area contributed by atoms with E-state index in [9.17, 15) is 9.59 Å². The number of fused-ring (bicyclic) bond motifs is 1. The molecule has 2 heterocycles. The SMILES string of the molecule is C[C@@H](OC(=O)c1cc2sc(Nc3ccccc3)nc2s1)C(=O)NC1CC1. The first-order chi connectivity index (χ1) is 12.6. The van der Waals surface area contributed by atoms with Gasteiger partial charge in [0.15, 0.2) is 11.2 Å². The van der Waals surface area contributed by atoms with Gasteiger partial charge in [-0.15, -0.1) is 11.3 Å². The molecule has 0 spiro atoms. The number of aromatic nitrogens is 1. The Bertz CT molecular complexity index is 916. The Labute approximate surface area is 158 Å². The number of hydrogen-bond acceptors (Lipinski definition) is 7. The van der Waals surface area contributed by atoms with Gasteiger partial charge < -0.3 is 15.4 Å². The predicted octanol–water partition coefficient (Wildman–Crippen LogP) is 3.93. The Kier molecular flexibility index (Phi) is 4.60. The number of thiophene rings is 1. The minimum absolute atomic E-state index is 0.244. The quantitative estimate of drug-likeness (QED) is 0.627. The number of nitrogens with zero attached hydrogens (tertiary/aromatic N) is 1. The molecular weight excluding hydrogens is 370 g/mol. The van der Waals surface area contributed by atoms with E-state index in [1.165, 1.54) is 22.7 Å². The number of anilines is 2. The second-order valence-electron chi connectivity index (χ2n) is 6.12. The number of carbonyl (C=O) groups is 2. The molecule has 1 aliphatic rings. The van der Waals surface area contributed by atoms with Crippen LogP contribution in [-0.4, -0.2) is 29.0 Å². The number of esters is 1. The monoisotopic (exact) mass is 387 g/mol. The van der Waals surface area contributed by atoms with Crippen LogP contribution in [0.1, 0.15) is 29.4 Å². The number of thiazole rings is 1. The molecule has 1 fully saturated rings. The Hall–Kier alpha value is -2.45. The van der Waals surface area contributed by atoms with E-state index >= 15 is 0 Å². The van der Waals surface area contributed by atoms with E-state index in [-0.39, 0.29) is 11.9 Å². The zero-order chi connectivity index (χ0) is 18.1. The maximum atomic E-state index is 12.3. The van der Waals surface area contributed by atoms with Gasteiger partial charge >= 0.3 is 5.97 Å². The van der Waals surface area contributed by atoms with Crippen molar-refractivity contribution in [2.45, 2.75) is 31.9 Å². The molecule has 2 aromatic heterocycles. The summed E-state index contributed by atoms with van der Waals surface area (Å²) in [6.07, 6.45) is 1.20. The van der Waals surface area contributed by atoms with Crippen molar-refractivity contribution in [3.63, 3.8) is 0 Å². The minimum Gasteiger partial charge on any atom is -0.448 e. The molecule has 0 unspecified atom stereocenters. The van der Waals surface area contributed by atoms with E-state index in [4.69, 9.17) is 4.74 Å². The van der Waals surface area contributed by atoms with E-state index in [0.29, 0.717) is 4.88 Å². The number of hydrogen-bond donors (Lipinski definition) is 2. The number of carbonyl (C=O) groups excluding carboxylic acids is 2. The van der Waals surface area contributed by atoms with E-state index in [1.807, 2.05) is 30.3 Å². The van der Waals surface area contributed by atoms with Gasteiger partial charge in [0.25, 0.3) is 5.91 Å². The molecule has 26 heavy (non-hydrogen) atoms. The molecule has 0 radical (unpaired) electrons. The molecule has 6 nitrogen and oxygen atoms in total. The standard InChI is InChI=1S/C18H17N3O3S2/c1-10(15(22)19-12-7-8-12)24-17(23)14-9-13-16(25-14)21-18(26-13)20-11-5-3-2-4-6-11/h2-6,9-10,12H,7-8H2,1H3,(H,19,22)(H,20,21)/t10-/m1/s1. The van der Waals surface area contributed by atoms with Crippen LogP contribution in [0.4, 0.5) is 10.8 Å². The number of para-hydroxylation sites is 1. The van der Waals surface area contributed by atoms with Crippen molar-refractivity contribution in [2.75, 3.05) is 5.32 Å². The summed E-state index contributed by atoms with van der Waals surface area (Å²) in [4.78, 5) is 29.9. The fourth-order valence-corrected chi connectivity index (χ4v) is 4.37. The van der Waals surface area contributed by atoms with Crippen molar-refractivity contribution >= 4 is 54.9 Å². The highest BCUT2D eigenvalue weighted by molar-refractivity contribution is 7.29. The summed E-state index contributed by atoms with van der Waals surface area (Å²) in [6.45, 7) is 1.59. The first kappa shape index (κ1) is 17.0. The number of rotatable bonds is 6. The van der Waals surface area contributed by atoms with Crippen LogP contribution in [-0.2, 0) is 9.53 Å². The number of amides is 1. The van der Waals surface area contributed by atoms with Crippen LogP contribution in [0.2, 0.25) is 0 Å². The molecule has 1 atom stereocenters. The zero-order valence-electron chi connectivity index (χ0n) is 14.0. The Balaban J connectivity index is 1.41. The molecule has 1 aliphatic carbocycles. The lowest BCUT2D eigenvalue weighted by atomic mass is 10.3. The lowest BCUT2D eigenvalue weighted by Crippen LogP contribution is -2.36. The topological polar surface area (TPSA) is 80.3 Å². The third-order valence-electron chi connectivity index (χ3n) is 3.89. The van der Waals surface area contributed by atoms with Crippen molar-refractivity contribution in [1.29, 1.82) is 0 Å². The fraction of sp³-hybridized carbons (Fsp3) is 0.278. The summed E-state index contributed by atoms with van der Waals surface area (Å²) < 4.78 is 6.18. The van der Waals surface area contributed by atoms with E-state index < -0.39 is 12.1 Å². The highest BCUT2D eigenvalue weighted by Gasteiger charge is 2.28. The zero-order valence-corrected chi connectivity index (χ0v) is 15.7. The van der Waals surface area contributed by atoms with Crippen LogP contribution in [0.3, 0.4) is 0 Å². The van der Waals surface area contributed by atoms with Crippen molar-refractivity contribution < 1.29 is 14.3 Å². The summed E-state index contributed by atoms with van der Waals surface area (Å²) in [5.74, 6) is -0.733.